The van der Waals surface area contributed by atoms with Crippen LogP contribution in [0, 0.1) is 0 Å². The van der Waals surface area contributed by atoms with E-state index in [2.05, 4.69) is 18.4 Å². The second-order valence-electron chi connectivity index (χ2n) is 5.47. The largest absolute Gasteiger partial charge is 0.496 e. The number of hydrogen-bond acceptors (Lipinski definition) is 3. The third-order valence-electron chi connectivity index (χ3n) is 3.96. The number of methoxy groups -OCH3 is 1. The Morgan fingerprint density at radius 3 is 2.52 bits per heavy atom. The van der Waals surface area contributed by atoms with Gasteiger partial charge in [-0.1, -0.05) is 24.3 Å². The standard InChI is InChI=1S/C19H19NO2S/c1-20-11-17(14-6-4-5-7-15(14)19(20)21)16-10-13(12-23-3)8-9-18(16)22-2/h4-11H,12H2,1-3H3. The lowest BCUT2D eigenvalue weighted by molar-refractivity contribution is 0.416. The molecule has 0 fully saturated rings. The van der Waals surface area contributed by atoms with Gasteiger partial charge in [-0.25, -0.2) is 0 Å². The topological polar surface area (TPSA) is 31.2 Å². The average Bonchev–Trinajstić information content (AvgIpc) is 2.58. The summed E-state index contributed by atoms with van der Waals surface area (Å²) < 4.78 is 7.19. The number of fused-ring (bicyclic) bond motifs is 1. The first-order chi connectivity index (χ1) is 11.2. The highest BCUT2D eigenvalue weighted by Gasteiger charge is 2.13. The maximum absolute atomic E-state index is 12.4. The Balaban J connectivity index is 2.34. The Kier molecular flexibility index (Phi) is 4.44. The number of aryl methyl sites for hydroxylation is 1. The summed E-state index contributed by atoms with van der Waals surface area (Å²) in [4.78, 5) is 12.4. The summed E-state index contributed by atoms with van der Waals surface area (Å²) in [6.45, 7) is 0. The predicted octanol–water partition coefficient (Wildman–Crippen LogP) is 4.08. The molecule has 0 aliphatic heterocycles. The van der Waals surface area contributed by atoms with Crippen LogP contribution in [0.4, 0.5) is 0 Å². The number of hydrogen-bond donors (Lipinski definition) is 0. The van der Waals surface area contributed by atoms with E-state index in [0.29, 0.717) is 0 Å². The van der Waals surface area contributed by atoms with Crippen LogP contribution < -0.4 is 10.3 Å². The molecule has 0 spiro atoms. The smallest absolute Gasteiger partial charge is 0.258 e. The molecule has 0 saturated carbocycles. The minimum absolute atomic E-state index is 0.0172. The van der Waals surface area contributed by atoms with E-state index >= 15 is 0 Å². The van der Waals surface area contributed by atoms with Gasteiger partial charge < -0.3 is 9.30 Å². The van der Waals surface area contributed by atoms with E-state index in [-0.39, 0.29) is 5.56 Å². The number of benzene rings is 2. The van der Waals surface area contributed by atoms with E-state index in [9.17, 15) is 4.79 Å². The van der Waals surface area contributed by atoms with Crippen LogP contribution in [-0.4, -0.2) is 17.9 Å². The molecule has 1 aromatic heterocycles. The van der Waals surface area contributed by atoms with Crippen LogP contribution in [0.5, 0.6) is 5.75 Å². The number of thioether (sulfide) groups is 1. The van der Waals surface area contributed by atoms with Crippen molar-refractivity contribution in [1.82, 2.24) is 4.57 Å². The monoisotopic (exact) mass is 325 g/mol. The zero-order valence-electron chi connectivity index (χ0n) is 13.5. The van der Waals surface area contributed by atoms with Crippen molar-refractivity contribution in [2.45, 2.75) is 5.75 Å². The van der Waals surface area contributed by atoms with Crippen molar-refractivity contribution in [1.29, 1.82) is 0 Å². The number of ether oxygens (including phenoxy) is 1. The number of pyridine rings is 1. The van der Waals surface area contributed by atoms with Gasteiger partial charge in [0, 0.05) is 35.5 Å². The summed E-state index contributed by atoms with van der Waals surface area (Å²) in [6, 6.07) is 14.0. The molecule has 3 rings (SSSR count). The highest BCUT2D eigenvalue weighted by molar-refractivity contribution is 7.97. The van der Waals surface area contributed by atoms with E-state index in [1.807, 2.05) is 36.5 Å². The highest BCUT2D eigenvalue weighted by atomic mass is 32.2. The lowest BCUT2D eigenvalue weighted by atomic mass is 9.98. The van der Waals surface area contributed by atoms with Gasteiger partial charge >= 0.3 is 0 Å². The quantitative estimate of drug-likeness (QED) is 0.724. The molecule has 3 aromatic rings. The van der Waals surface area contributed by atoms with Crippen LogP contribution in [0.25, 0.3) is 21.9 Å². The lowest BCUT2D eigenvalue weighted by Crippen LogP contribution is -2.16. The van der Waals surface area contributed by atoms with Crippen molar-refractivity contribution in [2.24, 2.45) is 7.05 Å². The highest BCUT2D eigenvalue weighted by Crippen LogP contribution is 2.35. The molecule has 0 saturated heterocycles. The first-order valence-corrected chi connectivity index (χ1v) is 8.79. The second kappa shape index (κ2) is 6.50. The van der Waals surface area contributed by atoms with Gasteiger partial charge in [-0.3, -0.25) is 4.79 Å². The van der Waals surface area contributed by atoms with Crippen molar-refractivity contribution in [3.8, 4) is 16.9 Å². The summed E-state index contributed by atoms with van der Waals surface area (Å²) in [7, 11) is 3.47. The van der Waals surface area contributed by atoms with Crippen LogP contribution in [0.2, 0.25) is 0 Å². The van der Waals surface area contributed by atoms with Gasteiger partial charge in [0.1, 0.15) is 5.75 Å². The van der Waals surface area contributed by atoms with Crippen molar-refractivity contribution < 1.29 is 4.74 Å². The average molecular weight is 325 g/mol. The van der Waals surface area contributed by atoms with E-state index in [1.54, 1.807) is 30.5 Å². The molecule has 0 N–H and O–H groups in total. The molecule has 4 heteroatoms. The van der Waals surface area contributed by atoms with Gasteiger partial charge in [-0.05, 0) is 35.4 Å². The molecule has 3 nitrogen and oxygen atoms in total. The maximum atomic E-state index is 12.4. The first-order valence-electron chi connectivity index (χ1n) is 7.40. The van der Waals surface area contributed by atoms with Crippen molar-refractivity contribution in [2.75, 3.05) is 13.4 Å². The number of aromatic nitrogens is 1. The number of rotatable bonds is 4. The number of nitrogens with zero attached hydrogens (tertiary/aromatic N) is 1. The van der Waals surface area contributed by atoms with Gasteiger partial charge in [0.25, 0.3) is 5.56 Å². The summed E-state index contributed by atoms with van der Waals surface area (Å²) in [6.07, 6.45) is 3.98. The van der Waals surface area contributed by atoms with Crippen molar-refractivity contribution in [3.05, 3.63) is 64.6 Å². The zero-order chi connectivity index (χ0) is 16.4. The normalized spacial score (nSPS) is 10.9. The maximum Gasteiger partial charge on any atom is 0.258 e. The molecule has 0 amide bonds. The summed E-state index contributed by atoms with van der Waals surface area (Å²) in [5, 5.41) is 1.68. The van der Waals surface area contributed by atoms with Crippen molar-refractivity contribution in [3.63, 3.8) is 0 Å². The molecule has 23 heavy (non-hydrogen) atoms. The third kappa shape index (κ3) is 2.86. The van der Waals surface area contributed by atoms with E-state index in [0.717, 1.165) is 33.4 Å². The summed E-state index contributed by atoms with van der Waals surface area (Å²) in [5.41, 5.74) is 3.29. The molecular weight excluding hydrogens is 306 g/mol. The van der Waals surface area contributed by atoms with Gasteiger partial charge in [-0.15, -0.1) is 0 Å². The van der Waals surface area contributed by atoms with Crippen LogP contribution in [0.3, 0.4) is 0 Å². The van der Waals surface area contributed by atoms with Crippen LogP contribution >= 0.6 is 11.8 Å². The van der Waals surface area contributed by atoms with E-state index in [4.69, 9.17) is 4.74 Å². The van der Waals surface area contributed by atoms with E-state index < -0.39 is 0 Å². The molecule has 118 valence electrons. The Labute approximate surface area is 139 Å². The molecular formula is C19H19NO2S. The van der Waals surface area contributed by atoms with Gasteiger partial charge in [0.2, 0.25) is 0 Å². The van der Waals surface area contributed by atoms with Gasteiger partial charge in [-0.2, -0.15) is 11.8 Å². The molecule has 2 aromatic carbocycles. The minimum atomic E-state index is 0.0172. The van der Waals surface area contributed by atoms with Crippen LogP contribution in [0.15, 0.2) is 53.5 Å². The Morgan fingerprint density at radius 1 is 1.09 bits per heavy atom. The molecule has 0 unspecified atom stereocenters. The Bertz CT molecular complexity index is 915. The predicted molar refractivity (Wildman–Crippen MR) is 98.4 cm³/mol. The van der Waals surface area contributed by atoms with Crippen LogP contribution in [0.1, 0.15) is 5.56 Å². The fourth-order valence-electron chi connectivity index (χ4n) is 2.85. The molecule has 0 radical (unpaired) electrons. The second-order valence-corrected chi connectivity index (χ2v) is 6.34. The Hall–Kier alpha value is -2.20. The SMILES string of the molecule is COc1ccc(CSC)cc1-c1cn(C)c(=O)c2ccccc12. The Morgan fingerprint density at radius 2 is 1.83 bits per heavy atom. The zero-order valence-corrected chi connectivity index (χ0v) is 14.3. The molecule has 0 atom stereocenters. The fourth-order valence-corrected chi connectivity index (χ4v) is 3.37. The van der Waals surface area contributed by atoms with Crippen molar-refractivity contribution >= 4 is 22.5 Å². The van der Waals surface area contributed by atoms with Gasteiger partial charge in [0.05, 0.1) is 7.11 Å². The molecule has 1 heterocycles. The molecule has 0 aliphatic rings. The molecule has 0 bridgehead atoms. The van der Waals surface area contributed by atoms with Crippen LogP contribution in [-0.2, 0) is 12.8 Å². The van der Waals surface area contributed by atoms with E-state index in [1.165, 1.54) is 5.56 Å². The summed E-state index contributed by atoms with van der Waals surface area (Å²) >= 11 is 1.79. The molecule has 0 aliphatic carbocycles. The fraction of sp³-hybridized carbons (Fsp3) is 0.211. The third-order valence-corrected chi connectivity index (χ3v) is 4.58. The first kappa shape index (κ1) is 15.7. The minimum Gasteiger partial charge on any atom is -0.496 e. The summed E-state index contributed by atoms with van der Waals surface area (Å²) in [5.74, 6) is 1.76. The lowest BCUT2D eigenvalue weighted by Gasteiger charge is -2.14. The van der Waals surface area contributed by atoms with Gasteiger partial charge in [0.15, 0.2) is 0 Å².